The van der Waals surface area contributed by atoms with Crippen LogP contribution in [0, 0.1) is 0 Å². The van der Waals surface area contributed by atoms with Crippen molar-refractivity contribution in [3.63, 3.8) is 0 Å². The number of hydrogen-bond acceptors (Lipinski definition) is 5. The number of benzene rings is 3. The van der Waals surface area contributed by atoms with E-state index in [0.717, 1.165) is 4.90 Å². The Morgan fingerprint density at radius 1 is 0.818 bits per heavy atom. The van der Waals surface area contributed by atoms with Gasteiger partial charge in [-0.1, -0.05) is 24.3 Å². The molecule has 2 N–H and O–H groups in total. The summed E-state index contributed by atoms with van der Waals surface area (Å²) in [4.78, 5) is 49.3. The third-order valence-corrected chi connectivity index (χ3v) is 5.02. The molecule has 33 heavy (non-hydrogen) atoms. The minimum absolute atomic E-state index is 0.0716. The Hall–Kier alpha value is -4.46. The molecule has 1 aliphatic rings. The van der Waals surface area contributed by atoms with E-state index in [2.05, 4.69) is 5.32 Å². The topological polar surface area (TPSA) is 113 Å². The maximum absolute atomic E-state index is 12.9. The largest absolute Gasteiger partial charge is 0.481 e. The number of carbonyl (C=O) groups is 4. The van der Waals surface area contributed by atoms with Gasteiger partial charge in [0, 0.05) is 24.6 Å². The number of anilines is 2. The fourth-order valence-corrected chi connectivity index (χ4v) is 3.49. The first-order valence-corrected chi connectivity index (χ1v) is 10.3. The first-order valence-electron chi connectivity index (χ1n) is 10.3. The van der Waals surface area contributed by atoms with Crippen molar-refractivity contribution in [3.8, 4) is 11.5 Å². The van der Waals surface area contributed by atoms with Crippen LogP contribution in [0.25, 0.3) is 0 Å². The Labute approximate surface area is 189 Å². The Morgan fingerprint density at radius 3 is 2.30 bits per heavy atom. The summed E-state index contributed by atoms with van der Waals surface area (Å²) in [6, 6.07) is 20.1. The Morgan fingerprint density at radius 2 is 1.55 bits per heavy atom. The molecule has 4 rings (SSSR count). The number of carbonyl (C=O) groups excluding carboxylic acids is 3. The molecule has 1 heterocycles. The van der Waals surface area contributed by atoms with Gasteiger partial charge in [0.1, 0.15) is 11.5 Å². The van der Waals surface area contributed by atoms with Gasteiger partial charge in [-0.05, 0) is 48.9 Å². The lowest BCUT2D eigenvalue weighted by molar-refractivity contribution is -0.137. The van der Waals surface area contributed by atoms with Gasteiger partial charge in [-0.15, -0.1) is 0 Å². The van der Waals surface area contributed by atoms with Crippen LogP contribution in [0.5, 0.6) is 11.5 Å². The molecule has 8 nitrogen and oxygen atoms in total. The van der Waals surface area contributed by atoms with Crippen LogP contribution in [0.15, 0.2) is 72.8 Å². The third-order valence-electron chi connectivity index (χ3n) is 5.02. The quantitative estimate of drug-likeness (QED) is 0.496. The second-order valence-corrected chi connectivity index (χ2v) is 7.41. The smallest absolute Gasteiger partial charge is 0.303 e. The number of ether oxygens (including phenoxy) is 1. The van der Waals surface area contributed by atoms with Crippen LogP contribution in [-0.4, -0.2) is 28.8 Å². The normalized spacial score (nSPS) is 12.4. The Bertz CT molecular complexity index is 1240. The van der Waals surface area contributed by atoms with Crippen LogP contribution in [0.2, 0.25) is 0 Å². The minimum atomic E-state index is -0.945. The van der Waals surface area contributed by atoms with Gasteiger partial charge in [0.25, 0.3) is 11.8 Å². The molecular formula is C25H20N2O6. The maximum Gasteiger partial charge on any atom is 0.303 e. The van der Waals surface area contributed by atoms with E-state index in [4.69, 9.17) is 9.84 Å². The highest BCUT2D eigenvalue weighted by Gasteiger charge is 2.36. The molecule has 0 saturated heterocycles. The van der Waals surface area contributed by atoms with Gasteiger partial charge < -0.3 is 15.2 Å². The number of nitrogens with one attached hydrogen (secondary N) is 1. The number of carboxylic acids is 1. The van der Waals surface area contributed by atoms with Gasteiger partial charge >= 0.3 is 5.97 Å². The lowest BCUT2D eigenvalue weighted by Gasteiger charge is -2.13. The van der Waals surface area contributed by atoms with E-state index in [9.17, 15) is 19.2 Å². The highest BCUT2D eigenvalue weighted by atomic mass is 16.5. The minimum Gasteiger partial charge on any atom is -0.481 e. The number of imide groups is 1. The van der Waals surface area contributed by atoms with Crippen molar-refractivity contribution in [2.24, 2.45) is 0 Å². The van der Waals surface area contributed by atoms with Crippen molar-refractivity contribution in [1.82, 2.24) is 0 Å². The number of rotatable bonds is 8. The summed E-state index contributed by atoms with van der Waals surface area (Å²) in [7, 11) is 0. The first-order chi connectivity index (χ1) is 15.9. The lowest BCUT2D eigenvalue weighted by atomic mass is 10.1. The van der Waals surface area contributed by atoms with Crippen molar-refractivity contribution in [3.05, 3.63) is 83.9 Å². The number of para-hydroxylation sites is 1. The number of nitrogens with zero attached hydrogens (tertiary/aromatic N) is 1. The van der Waals surface area contributed by atoms with Crippen molar-refractivity contribution in [2.75, 3.05) is 10.2 Å². The average Bonchev–Trinajstić information content (AvgIpc) is 3.04. The molecule has 8 heteroatoms. The van der Waals surface area contributed by atoms with Crippen LogP contribution >= 0.6 is 0 Å². The molecule has 3 aromatic carbocycles. The number of amides is 3. The lowest BCUT2D eigenvalue weighted by Crippen LogP contribution is -2.29. The molecule has 1 aliphatic heterocycles. The van der Waals surface area contributed by atoms with Crippen LogP contribution in [-0.2, 0) is 9.59 Å². The number of hydrogen-bond donors (Lipinski definition) is 2. The fraction of sp³-hybridized carbons (Fsp3) is 0.120. The molecule has 3 aromatic rings. The van der Waals surface area contributed by atoms with Crippen molar-refractivity contribution in [1.29, 1.82) is 0 Å². The predicted octanol–water partition coefficient (Wildman–Crippen LogP) is 4.47. The summed E-state index contributed by atoms with van der Waals surface area (Å²) in [6.07, 6.45) is 0.271. The molecule has 0 spiro atoms. The molecular weight excluding hydrogens is 424 g/mol. The summed E-state index contributed by atoms with van der Waals surface area (Å²) in [6.45, 7) is 0. The SMILES string of the molecule is O=C(O)CCCC(=O)Nc1cccc(Oc2ccc3c(c2)C(=O)N(c2ccccc2)C3=O)c1. The molecule has 0 bridgehead atoms. The molecule has 166 valence electrons. The van der Waals surface area contributed by atoms with Crippen LogP contribution in [0.1, 0.15) is 40.0 Å². The summed E-state index contributed by atoms with van der Waals surface area (Å²) in [5, 5.41) is 11.4. The molecule has 0 aliphatic carbocycles. The van der Waals surface area contributed by atoms with E-state index in [0.29, 0.717) is 28.4 Å². The van der Waals surface area contributed by atoms with Gasteiger partial charge in [0.15, 0.2) is 0 Å². The Kier molecular flexibility index (Phi) is 6.17. The number of carboxylic acid groups (broad SMARTS) is 1. The van der Waals surface area contributed by atoms with Gasteiger partial charge in [-0.3, -0.25) is 19.2 Å². The second kappa shape index (κ2) is 9.35. The average molecular weight is 444 g/mol. The summed E-state index contributed by atoms with van der Waals surface area (Å²) >= 11 is 0. The fourth-order valence-electron chi connectivity index (χ4n) is 3.49. The molecule has 0 unspecified atom stereocenters. The van der Waals surface area contributed by atoms with E-state index >= 15 is 0 Å². The van der Waals surface area contributed by atoms with Crippen LogP contribution in [0.3, 0.4) is 0 Å². The van der Waals surface area contributed by atoms with Gasteiger partial charge in [-0.2, -0.15) is 0 Å². The maximum atomic E-state index is 12.9. The van der Waals surface area contributed by atoms with Crippen molar-refractivity contribution in [2.45, 2.75) is 19.3 Å². The van der Waals surface area contributed by atoms with Gasteiger partial charge in [0.2, 0.25) is 5.91 Å². The van der Waals surface area contributed by atoms with E-state index in [1.807, 2.05) is 0 Å². The number of fused-ring (bicyclic) bond motifs is 1. The van der Waals surface area contributed by atoms with E-state index in [-0.39, 0.29) is 36.6 Å². The monoisotopic (exact) mass is 444 g/mol. The van der Waals surface area contributed by atoms with Crippen molar-refractivity contribution >= 4 is 35.1 Å². The van der Waals surface area contributed by atoms with Crippen LogP contribution < -0.4 is 15.0 Å². The van der Waals surface area contributed by atoms with Gasteiger partial charge in [0.05, 0.1) is 16.8 Å². The molecule has 0 radical (unpaired) electrons. The van der Waals surface area contributed by atoms with Crippen LogP contribution in [0.4, 0.5) is 11.4 Å². The summed E-state index contributed by atoms with van der Waals surface area (Å²) in [5.41, 5.74) is 1.55. The molecule has 0 aromatic heterocycles. The number of aliphatic carboxylic acids is 1. The zero-order valence-corrected chi connectivity index (χ0v) is 17.5. The van der Waals surface area contributed by atoms with E-state index in [1.54, 1.807) is 66.7 Å². The third kappa shape index (κ3) is 4.90. The highest BCUT2D eigenvalue weighted by molar-refractivity contribution is 6.34. The van der Waals surface area contributed by atoms with E-state index < -0.39 is 11.9 Å². The van der Waals surface area contributed by atoms with Gasteiger partial charge in [-0.25, -0.2) is 4.90 Å². The highest BCUT2D eigenvalue weighted by Crippen LogP contribution is 2.32. The predicted molar refractivity (Wildman–Crippen MR) is 121 cm³/mol. The Balaban J connectivity index is 1.46. The summed E-state index contributed by atoms with van der Waals surface area (Å²) in [5.74, 6) is -1.25. The first kappa shape index (κ1) is 21.8. The second-order valence-electron chi connectivity index (χ2n) is 7.41. The van der Waals surface area contributed by atoms with Crippen molar-refractivity contribution < 1.29 is 29.0 Å². The zero-order valence-electron chi connectivity index (χ0n) is 17.5. The standard InChI is InChI=1S/C25H20N2O6/c28-22(10-5-11-23(29)30)26-16-6-4-9-18(14-16)33-19-12-13-20-21(15-19)25(32)27(24(20)31)17-7-2-1-3-8-17/h1-4,6-9,12-15H,5,10-11H2,(H,26,28)(H,29,30). The molecule has 3 amide bonds. The molecule has 0 fully saturated rings. The zero-order chi connectivity index (χ0) is 23.4. The van der Waals surface area contributed by atoms with E-state index in [1.165, 1.54) is 6.07 Å². The molecule has 0 saturated carbocycles. The molecule has 0 atom stereocenters. The summed E-state index contributed by atoms with van der Waals surface area (Å²) < 4.78 is 5.85.